The summed E-state index contributed by atoms with van der Waals surface area (Å²) in [7, 11) is 1.59. The van der Waals surface area contributed by atoms with Gasteiger partial charge in [0.1, 0.15) is 5.75 Å². The van der Waals surface area contributed by atoms with Gasteiger partial charge in [-0.15, -0.1) is 0 Å². The van der Waals surface area contributed by atoms with Crippen molar-refractivity contribution < 1.29 is 27.8 Å². The Morgan fingerprint density at radius 1 is 1.19 bits per heavy atom. The molecule has 0 aliphatic carbocycles. The molecular formula is C22H26F2N4O4. The standard InChI is InChI=1S/C22H26F2N4O4/c1-3-26-22(27-8-7-14-5-4-6-15(9-14)20(29)25-2)28-12-16-10-18-19(31-13-30-18)11-17(16)32-21(23)24/h4-6,9-11,21H,3,7-8,12-13H2,1-2H3,(H,25,29)(H2,26,27,28). The number of guanidine groups is 1. The summed E-state index contributed by atoms with van der Waals surface area (Å²) in [4.78, 5) is 16.3. The molecule has 0 aromatic heterocycles. The van der Waals surface area contributed by atoms with Crippen LogP contribution in [-0.2, 0) is 13.0 Å². The third kappa shape index (κ3) is 6.22. The van der Waals surface area contributed by atoms with Crippen LogP contribution in [0.3, 0.4) is 0 Å². The topological polar surface area (TPSA) is 93.2 Å². The molecule has 1 aliphatic rings. The van der Waals surface area contributed by atoms with E-state index in [1.807, 2.05) is 25.1 Å². The van der Waals surface area contributed by atoms with Crippen molar-refractivity contribution in [2.75, 3.05) is 26.9 Å². The summed E-state index contributed by atoms with van der Waals surface area (Å²) in [6.07, 6.45) is 0.666. The predicted molar refractivity (Wildman–Crippen MR) is 116 cm³/mol. The third-order valence-corrected chi connectivity index (χ3v) is 4.65. The molecule has 1 aliphatic heterocycles. The van der Waals surface area contributed by atoms with Crippen LogP contribution in [0.5, 0.6) is 17.2 Å². The number of fused-ring (bicyclic) bond motifs is 1. The highest BCUT2D eigenvalue weighted by atomic mass is 19.3. The second kappa shape index (κ2) is 11.2. The molecule has 0 saturated heterocycles. The lowest BCUT2D eigenvalue weighted by molar-refractivity contribution is -0.0505. The van der Waals surface area contributed by atoms with Crippen LogP contribution < -0.4 is 30.2 Å². The first-order valence-electron chi connectivity index (χ1n) is 10.2. The largest absolute Gasteiger partial charge is 0.454 e. The third-order valence-electron chi connectivity index (χ3n) is 4.65. The second-order valence-corrected chi connectivity index (χ2v) is 6.84. The number of rotatable bonds is 9. The Balaban J connectivity index is 1.66. The average molecular weight is 448 g/mol. The lowest BCUT2D eigenvalue weighted by Gasteiger charge is -2.13. The van der Waals surface area contributed by atoms with E-state index in [1.165, 1.54) is 6.07 Å². The number of amides is 1. The van der Waals surface area contributed by atoms with Gasteiger partial charge in [-0.05, 0) is 37.1 Å². The summed E-state index contributed by atoms with van der Waals surface area (Å²) in [5.74, 6) is 1.20. The molecule has 2 aromatic carbocycles. The summed E-state index contributed by atoms with van der Waals surface area (Å²) in [6.45, 7) is 0.275. The van der Waals surface area contributed by atoms with Gasteiger partial charge in [-0.1, -0.05) is 12.1 Å². The Kier molecular flexibility index (Phi) is 8.07. The quantitative estimate of drug-likeness (QED) is 0.404. The highest BCUT2D eigenvalue weighted by molar-refractivity contribution is 5.94. The molecule has 0 bridgehead atoms. The molecule has 8 nitrogen and oxygen atoms in total. The van der Waals surface area contributed by atoms with Crippen LogP contribution in [0.25, 0.3) is 0 Å². The predicted octanol–water partition coefficient (Wildman–Crippen LogP) is 2.67. The van der Waals surface area contributed by atoms with Crippen molar-refractivity contribution in [1.82, 2.24) is 16.0 Å². The van der Waals surface area contributed by atoms with E-state index in [0.717, 1.165) is 5.56 Å². The fourth-order valence-electron chi connectivity index (χ4n) is 3.14. The van der Waals surface area contributed by atoms with Crippen LogP contribution in [0.4, 0.5) is 8.78 Å². The van der Waals surface area contributed by atoms with Crippen LogP contribution in [-0.4, -0.2) is 45.4 Å². The Hall–Kier alpha value is -3.56. The number of nitrogens with one attached hydrogen (secondary N) is 3. The van der Waals surface area contributed by atoms with Crippen LogP contribution in [0.15, 0.2) is 41.4 Å². The number of benzene rings is 2. The maximum absolute atomic E-state index is 12.8. The van der Waals surface area contributed by atoms with E-state index in [1.54, 1.807) is 19.2 Å². The first-order chi connectivity index (χ1) is 15.5. The first kappa shape index (κ1) is 23.1. The second-order valence-electron chi connectivity index (χ2n) is 6.84. The number of hydrogen-bond donors (Lipinski definition) is 3. The van der Waals surface area contributed by atoms with Gasteiger partial charge in [0.2, 0.25) is 6.79 Å². The monoisotopic (exact) mass is 448 g/mol. The minimum absolute atomic E-state index is 0.00476. The maximum Gasteiger partial charge on any atom is 0.387 e. The van der Waals surface area contributed by atoms with Gasteiger partial charge in [0, 0.05) is 37.3 Å². The number of alkyl halides is 2. The molecule has 0 saturated carbocycles. The lowest BCUT2D eigenvalue weighted by atomic mass is 10.1. The van der Waals surface area contributed by atoms with Crippen molar-refractivity contribution in [3.8, 4) is 17.2 Å². The van der Waals surface area contributed by atoms with Crippen LogP contribution in [0.2, 0.25) is 0 Å². The van der Waals surface area contributed by atoms with E-state index in [9.17, 15) is 13.6 Å². The van der Waals surface area contributed by atoms with Gasteiger partial charge in [-0.3, -0.25) is 4.79 Å². The van der Waals surface area contributed by atoms with Crippen molar-refractivity contribution in [2.24, 2.45) is 4.99 Å². The van der Waals surface area contributed by atoms with Gasteiger partial charge in [0.15, 0.2) is 17.5 Å². The number of ether oxygens (including phenoxy) is 3. The Morgan fingerprint density at radius 3 is 2.69 bits per heavy atom. The Labute approximate surface area is 185 Å². The van der Waals surface area contributed by atoms with Gasteiger partial charge in [0.25, 0.3) is 5.91 Å². The molecule has 3 rings (SSSR count). The molecular weight excluding hydrogens is 422 g/mol. The highest BCUT2D eigenvalue weighted by Gasteiger charge is 2.20. The van der Waals surface area contributed by atoms with Crippen molar-refractivity contribution in [2.45, 2.75) is 26.5 Å². The molecule has 172 valence electrons. The molecule has 0 radical (unpaired) electrons. The lowest BCUT2D eigenvalue weighted by Crippen LogP contribution is -2.38. The first-order valence-corrected chi connectivity index (χ1v) is 10.2. The summed E-state index contributed by atoms with van der Waals surface area (Å²) < 4.78 is 40.8. The summed E-state index contributed by atoms with van der Waals surface area (Å²) >= 11 is 0. The molecule has 1 amide bonds. The van der Waals surface area contributed by atoms with E-state index in [0.29, 0.717) is 48.1 Å². The van der Waals surface area contributed by atoms with Gasteiger partial charge < -0.3 is 30.2 Å². The fourth-order valence-corrected chi connectivity index (χ4v) is 3.14. The molecule has 0 atom stereocenters. The van der Waals surface area contributed by atoms with Crippen LogP contribution >= 0.6 is 0 Å². The minimum Gasteiger partial charge on any atom is -0.454 e. The van der Waals surface area contributed by atoms with Crippen LogP contribution in [0.1, 0.15) is 28.4 Å². The number of hydrogen-bond acceptors (Lipinski definition) is 5. The van der Waals surface area contributed by atoms with Crippen molar-refractivity contribution in [3.63, 3.8) is 0 Å². The number of halogens is 2. The summed E-state index contributed by atoms with van der Waals surface area (Å²) in [5, 5.41) is 8.93. The highest BCUT2D eigenvalue weighted by Crippen LogP contribution is 2.39. The van der Waals surface area contributed by atoms with Gasteiger partial charge in [0.05, 0.1) is 6.54 Å². The smallest absolute Gasteiger partial charge is 0.387 e. The van der Waals surface area contributed by atoms with Gasteiger partial charge in [-0.2, -0.15) is 8.78 Å². The molecule has 10 heteroatoms. The number of aliphatic imine (C=N–C) groups is 1. The molecule has 0 unspecified atom stereocenters. The van der Waals surface area contributed by atoms with E-state index in [-0.39, 0.29) is 25.0 Å². The SMILES string of the molecule is CCNC(=NCc1cc2c(cc1OC(F)F)OCO2)NCCc1cccc(C(=O)NC)c1. The molecule has 2 aromatic rings. The van der Waals surface area contributed by atoms with E-state index >= 15 is 0 Å². The molecule has 0 fully saturated rings. The zero-order valence-electron chi connectivity index (χ0n) is 17.9. The summed E-state index contributed by atoms with van der Waals surface area (Å²) in [5.41, 5.74) is 2.04. The molecule has 32 heavy (non-hydrogen) atoms. The van der Waals surface area contributed by atoms with Gasteiger partial charge in [-0.25, -0.2) is 4.99 Å². The summed E-state index contributed by atoms with van der Waals surface area (Å²) in [6, 6.07) is 10.4. The van der Waals surface area contributed by atoms with E-state index < -0.39 is 6.61 Å². The van der Waals surface area contributed by atoms with Crippen molar-refractivity contribution in [3.05, 3.63) is 53.1 Å². The number of nitrogens with zero attached hydrogens (tertiary/aromatic N) is 1. The minimum atomic E-state index is -2.96. The molecule has 0 spiro atoms. The van der Waals surface area contributed by atoms with Crippen LogP contribution in [0, 0.1) is 0 Å². The number of carbonyl (C=O) groups is 1. The Morgan fingerprint density at radius 2 is 1.97 bits per heavy atom. The Bertz CT molecular complexity index is 969. The van der Waals surface area contributed by atoms with Crippen molar-refractivity contribution in [1.29, 1.82) is 0 Å². The molecule has 1 heterocycles. The molecule has 3 N–H and O–H groups in total. The number of carbonyl (C=O) groups excluding carboxylic acids is 1. The van der Waals surface area contributed by atoms with E-state index in [4.69, 9.17) is 9.47 Å². The van der Waals surface area contributed by atoms with Gasteiger partial charge >= 0.3 is 6.61 Å². The zero-order valence-corrected chi connectivity index (χ0v) is 17.9. The zero-order chi connectivity index (χ0) is 22.9. The average Bonchev–Trinajstić information content (AvgIpc) is 3.23. The fraction of sp³-hybridized carbons (Fsp3) is 0.364. The van der Waals surface area contributed by atoms with Crippen molar-refractivity contribution >= 4 is 11.9 Å². The van der Waals surface area contributed by atoms with E-state index in [2.05, 4.69) is 25.7 Å². The normalized spacial score (nSPS) is 12.6. The maximum atomic E-state index is 12.8.